The number of nitrogens with zero attached hydrogens (tertiary/aromatic N) is 1. The van der Waals surface area contributed by atoms with Crippen LogP contribution in [0.2, 0.25) is 10.0 Å². The van der Waals surface area contributed by atoms with Gasteiger partial charge in [-0.2, -0.15) is 5.10 Å². The number of fused-ring (bicyclic) bond motifs is 1. The minimum absolute atomic E-state index is 0.229. The number of aromatic amines is 1. The number of carbonyl (C=O) groups excluding carboxylic acids is 2. The maximum atomic E-state index is 13.4. The molecule has 0 saturated carbocycles. The van der Waals surface area contributed by atoms with E-state index in [-0.39, 0.29) is 11.4 Å². The number of ether oxygens (including phenoxy) is 1. The normalized spacial score (nSPS) is 11.2. The van der Waals surface area contributed by atoms with Crippen LogP contribution in [0.4, 0.5) is 0 Å². The Kier molecular flexibility index (Phi) is 8.77. The van der Waals surface area contributed by atoms with Crippen molar-refractivity contribution in [1.82, 2.24) is 10.4 Å². The molecule has 0 saturated heterocycles. The largest absolute Gasteiger partial charge is 0.421 e. The highest BCUT2D eigenvalue weighted by molar-refractivity contribution is 9.11. The Morgan fingerprint density at radius 1 is 0.900 bits per heavy atom. The molecule has 2 N–H and O–H groups in total. The number of carbonyl (C=O) groups is 2. The topological polar surface area (TPSA) is 83.5 Å². The Morgan fingerprint density at radius 2 is 1.65 bits per heavy atom. The highest BCUT2D eigenvalue weighted by Crippen LogP contribution is 2.39. The number of rotatable bonds is 6. The molecule has 0 bridgehead atoms. The third-order valence-electron chi connectivity index (χ3n) is 5.83. The molecule has 40 heavy (non-hydrogen) atoms. The van der Waals surface area contributed by atoms with E-state index in [1.807, 2.05) is 36.4 Å². The van der Waals surface area contributed by atoms with E-state index < -0.39 is 11.9 Å². The van der Waals surface area contributed by atoms with E-state index in [4.69, 9.17) is 27.9 Å². The Balaban J connectivity index is 1.46. The second-order valence-electron chi connectivity index (χ2n) is 8.42. The standard InChI is InChI=1S/C29H16Br3Cl2N3O3/c30-17-12-16(27(22(32)13-17)40-29(39)15-8-10-18(33)11-9-15)14-35-37-28(38)26-24(19-4-1-2-7-23(19)34)20-5-3-6-21(31)25(20)36-26/h1-14,36H,(H,37,38). The molecule has 1 amide bonds. The lowest BCUT2D eigenvalue weighted by atomic mass is 10.0. The van der Waals surface area contributed by atoms with Crippen LogP contribution in [0.1, 0.15) is 26.4 Å². The molecule has 0 atom stereocenters. The van der Waals surface area contributed by atoms with Crippen LogP contribution in [-0.2, 0) is 0 Å². The third-order valence-corrected chi connectivity index (χ3v) is 8.12. The molecule has 200 valence electrons. The Hall–Kier alpha value is -2.95. The fraction of sp³-hybridized carbons (Fsp3) is 0. The molecule has 0 aliphatic carbocycles. The zero-order chi connectivity index (χ0) is 28.4. The fourth-order valence-electron chi connectivity index (χ4n) is 4.03. The molecule has 11 heteroatoms. The maximum absolute atomic E-state index is 13.4. The van der Waals surface area contributed by atoms with Gasteiger partial charge in [-0.25, -0.2) is 10.2 Å². The number of benzene rings is 4. The molecule has 6 nitrogen and oxygen atoms in total. The maximum Gasteiger partial charge on any atom is 0.343 e. The number of hydrogen-bond donors (Lipinski definition) is 2. The van der Waals surface area contributed by atoms with Crippen molar-refractivity contribution in [2.45, 2.75) is 0 Å². The molecule has 0 aliphatic rings. The number of para-hydroxylation sites is 1. The average molecular weight is 765 g/mol. The van der Waals surface area contributed by atoms with E-state index in [0.29, 0.717) is 41.2 Å². The summed E-state index contributed by atoms with van der Waals surface area (Å²) < 4.78 is 7.68. The molecular formula is C29H16Br3Cl2N3O3. The van der Waals surface area contributed by atoms with E-state index in [2.05, 4.69) is 63.3 Å². The summed E-state index contributed by atoms with van der Waals surface area (Å²) in [6.07, 6.45) is 1.39. The molecule has 0 fully saturated rings. The van der Waals surface area contributed by atoms with E-state index >= 15 is 0 Å². The first kappa shape index (κ1) is 28.6. The van der Waals surface area contributed by atoms with Crippen LogP contribution in [-0.4, -0.2) is 23.1 Å². The van der Waals surface area contributed by atoms with Crippen molar-refractivity contribution >= 4 is 100.0 Å². The van der Waals surface area contributed by atoms with Gasteiger partial charge in [-0.15, -0.1) is 0 Å². The summed E-state index contributed by atoms with van der Waals surface area (Å²) >= 11 is 22.9. The van der Waals surface area contributed by atoms with Crippen molar-refractivity contribution in [3.63, 3.8) is 0 Å². The van der Waals surface area contributed by atoms with Gasteiger partial charge in [0.1, 0.15) is 5.69 Å². The van der Waals surface area contributed by atoms with Gasteiger partial charge in [0.05, 0.1) is 21.8 Å². The van der Waals surface area contributed by atoms with Crippen molar-refractivity contribution in [1.29, 1.82) is 0 Å². The number of hydrazone groups is 1. The van der Waals surface area contributed by atoms with Crippen LogP contribution in [0.3, 0.4) is 0 Å². The summed E-state index contributed by atoms with van der Waals surface area (Å²) in [5.41, 5.74) is 5.73. The molecule has 0 spiro atoms. The minimum atomic E-state index is -0.577. The van der Waals surface area contributed by atoms with Crippen LogP contribution in [0.5, 0.6) is 5.75 Å². The van der Waals surface area contributed by atoms with Crippen molar-refractivity contribution in [2.24, 2.45) is 5.10 Å². The number of halogens is 5. The molecule has 4 aromatic carbocycles. The first-order valence-corrected chi connectivity index (χ1v) is 14.7. The van der Waals surface area contributed by atoms with E-state index in [1.165, 1.54) is 6.21 Å². The minimum Gasteiger partial charge on any atom is -0.421 e. The molecule has 5 aromatic rings. The van der Waals surface area contributed by atoms with E-state index in [1.54, 1.807) is 42.5 Å². The lowest BCUT2D eigenvalue weighted by Crippen LogP contribution is -2.19. The second kappa shape index (κ2) is 12.3. The van der Waals surface area contributed by atoms with E-state index in [9.17, 15) is 9.59 Å². The number of H-pyrrole nitrogens is 1. The van der Waals surface area contributed by atoms with Crippen molar-refractivity contribution in [2.75, 3.05) is 0 Å². The summed E-state index contributed by atoms with van der Waals surface area (Å²) in [6.45, 7) is 0. The van der Waals surface area contributed by atoms with Crippen LogP contribution < -0.4 is 10.2 Å². The second-order valence-corrected chi connectivity index (χ2v) is 11.9. The first-order chi connectivity index (χ1) is 19.2. The zero-order valence-corrected chi connectivity index (χ0v) is 26.4. The quantitative estimate of drug-likeness (QED) is 0.0783. The number of amides is 1. The van der Waals surface area contributed by atoms with Gasteiger partial charge < -0.3 is 9.72 Å². The van der Waals surface area contributed by atoms with Crippen molar-refractivity contribution in [3.05, 3.63) is 119 Å². The number of esters is 1. The van der Waals surface area contributed by atoms with Crippen LogP contribution in [0, 0.1) is 0 Å². The van der Waals surface area contributed by atoms with E-state index in [0.717, 1.165) is 15.4 Å². The fourth-order valence-corrected chi connectivity index (χ4v) is 6.19. The lowest BCUT2D eigenvalue weighted by Gasteiger charge is -2.11. The summed E-state index contributed by atoms with van der Waals surface area (Å²) in [5.74, 6) is -0.832. The van der Waals surface area contributed by atoms with Crippen molar-refractivity contribution < 1.29 is 14.3 Å². The molecule has 0 aliphatic heterocycles. The monoisotopic (exact) mass is 761 g/mol. The lowest BCUT2D eigenvalue weighted by molar-refractivity contribution is 0.0733. The van der Waals surface area contributed by atoms with Crippen LogP contribution in [0.25, 0.3) is 22.0 Å². The zero-order valence-electron chi connectivity index (χ0n) is 20.1. The summed E-state index contributed by atoms with van der Waals surface area (Å²) in [5, 5.41) is 6.00. The number of aromatic nitrogens is 1. The number of nitrogens with one attached hydrogen (secondary N) is 2. The Labute approximate surface area is 264 Å². The van der Waals surface area contributed by atoms with Gasteiger partial charge >= 0.3 is 5.97 Å². The first-order valence-electron chi connectivity index (χ1n) is 11.6. The number of hydrogen-bond acceptors (Lipinski definition) is 4. The highest BCUT2D eigenvalue weighted by atomic mass is 79.9. The Morgan fingerprint density at radius 3 is 2.40 bits per heavy atom. The molecule has 1 aromatic heterocycles. The average Bonchev–Trinajstić information content (AvgIpc) is 3.32. The summed E-state index contributed by atoms with van der Waals surface area (Å²) in [6, 6.07) is 22.8. The molecular weight excluding hydrogens is 749 g/mol. The van der Waals surface area contributed by atoms with Crippen molar-refractivity contribution in [3.8, 4) is 16.9 Å². The molecule has 1 heterocycles. The summed E-state index contributed by atoms with van der Waals surface area (Å²) in [4.78, 5) is 29.4. The molecule has 5 rings (SSSR count). The Bertz CT molecular complexity index is 1800. The van der Waals surface area contributed by atoms with Gasteiger partial charge in [-0.3, -0.25) is 4.79 Å². The molecule has 0 radical (unpaired) electrons. The van der Waals surface area contributed by atoms with Crippen LogP contribution >= 0.6 is 71.0 Å². The highest BCUT2D eigenvalue weighted by Gasteiger charge is 2.22. The smallest absolute Gasteiger partial charge is 0.343 e. The van der Waals surface area contributed by atoms with Crippen LogP contribution in [0.15, 0.2) is 97.4 Å². The van der Waals surface area contributed by atoms with Gasteiger partial charge in [0.15, 0.2) is 5.75 Å². The third kappa shape index (κ3) is 6.04. The van der Waals surface area contributed by atoms with Gasteiger partial charge in [0, 0.05) is 41.1 Å². The SMILES string of the molecule is O=C(Oc1c(Br)cc(Br)cc1C=NNC(=O)c1[nH]c2c(Br)cccc2c1-c1ccccc1Cl)c1ccc(Cl)cc1. The van der Waals surface area contributed by atoms with Gasteiger partial charge in [0.25, 0.3) is 5.91 Å². The van der Waals surface area contributed by atoms with Gasteiger partial charge in [-0.05, 0) is 80.4 Å². The van der Waals surface area contributed by atoms with Gasteiger partial charge in [-0.1, -0.05) is 69.5 Å². The summed E-state index contributed by atoms with van der Waals surface area (Å²) in [7, 11) is 0. The predicted octanol–water partition coefficient (Wildman–Crippen LogP) is 9.41. The van der Waals surface area contributed by atoms with Gasteiger partial charge in [0.2, 0.25) is 0 Å². The predicted molar refractivity (Wildman–Crippen MR) is 170 cm³/mol. The molecule has 0 unspecified atom stereocenters.